The molecule has 2 N–H and O–H groups in total. The minimum absolute atomic E-state index is 0.0908. The van der Waals surface area contributed by atoms with E-state index < -0.39 is 0 Å². The summed E-state index contributed by atoms with van der Waals surface area (Å²) in [6, 6.07) is 16.7. The molecule has 0 aliphatic carbocycles. The molecule has 0 unspecified atom stereocenters. The zero-order chi connectivity index (χ0) is 15.1. The summed E-state index contributed by atoms with van der Waals surface area (Å²) in [6.45, 7) is 0. The number of nitrogens with two attached hydrogens (primary N) is 1. The van der Waals surface area contributed by atoms with E-state index in [0.717, 1.165) is 11.0 Å². The molecule has 0 fully saturated rings. The molecule has 5 heteroatoms. The number of carbonyl (C=O) groups is 1. The summed E-state index contributed by atoms with van der Waals surface area (Å²) in [6.07, 6.45) is 0. The van der Waals surface area contributed by atoms with Crippen LogP contribution in [0.2, 0.25) is 0 Å². The second-order valence-electron chi connectivity index (χ2n) is 4.91. The first-order valence-electron chi connectivity index (χ1n) is 6.78. The summed E-state index contributed by atoms with van der Waals surface area (Å²) >= 11 is 1.29. The fourth-order valence-corrected chi connectivity index (χ4v) is 3.39. The van der Waals surface area contributed by atoms with Crippen LogP contribution >= 0.6 is 11.3 Å². The zero-order valence-corrected chi connectivity index (χ0v) is 12.3. The fraction of sp³-hybridized carbons (Fsp3) is 0. The number of nitrogens with zero attached hydrogens (tertiary/aromatic N) is 2. The molecule has 0 saturated carbocycles. The maximum absolute atomic E-state index is 12.6. The first-order valence-corrected chi connectivity index (χ1v) is 7.60. The highest BCUT2D eigenvalue weighted by molar-refractivity contribution is 7.21. The third-order valence-corrected chi connectivity index (χ3v) is 4.57. The van der Waals surface area contributed by atoms with Gasteiger partial charge in [0.1, 0.15) is 15.2 Å². The van der Waals surface area contributed by atoms with Gasteiger partial charge in [-0.25, -0.2) is 9.97 Å². The predicted molar refractivity (Wildman–Crippen MR) is 89.2 cm³/mol. The van der Waals surface area contributed by atoms with Crippen LogP contribution in [0, 0.1) is 0 Å². The smallest absolute Gasteiger partial charge is 0.205 e. The second kappa shape index (κ2) is 4.89. The number of aromatic nitrogens is 2. The normalized spacial score (nSPS) is 11.1. The number of anilines is 1. The molecular formula is C17H11N3OS. The van der Waals surface area contributed by atoms with Crippen LogP contribution in [-0.2, 0) is 0 Å². The van der Waals surface area contributed by atoms with Crippen molar-refractivity contribution >= 4 is 44.2 Å². The van der Waals surface area contributed by atoms with E-state index in [0.29, 0.717) is 26.5 Å². The predicted octanol–water partition coefficient (Wildman–Crippen LogP) is 3.66. The summed E-state index contributed by atoms with van der Waals surface area (Å²) in [5.41, 5.74) is 9.36. The van der Waals surface area contributed by atoms with Crippen LogP contribution in [-0.4, -0.2) is 15.8 Å². The molecule has 0 spiro atoms. The Hall–Kier alpha value is -2.79. The quantitative estimate of drug-likeness (QED) is 0.574. The minimum atomic E-state index is -0.0908. The molecule has 2 aromatic heterocycles. The topological polar surface area (TPSA) is 68.9 Å². The van der Waals surface area contributed by atoms with Gasteiger partial charge >= 0.3 is 0 Å². The number of hydrogen-bond acceptors (Lipinski definition) is 5. The molecule has 2 heterocycles. The lowest BCUT2D eigenvalue weighted by atomic mass is 10.1. The second-order valence-corrected chi connectivity index (χ2v) is 5.91. The first kappa shape index (κ1) is 12.9. The van der Waals surface area contributed by atoms with Gasteiger partial charge in [-0.05, 0) is 12.1 Å². The molecule has 4 rings (SSSR count). The van der Waals surface area contributed by atoms with E-state index in [1.807, 2.05) is 42.5 Å². The van der Waals surface area contributed by atoms with Crippen LogP contribution in [0.15, 0.2) is 54.6 Å². The van der Waals surface area contributed by atoms with Gasteiger partial charge in [-0.2, -0.15) is 0 Å². The monoisotopic (exact) mass is 305 g/mol. The lowest BCUT2D eigenvalue weighted by Gasteiger charge is -1.99. The van der Waals surface area contributed by atoms with Gasteiger partial charge in [0.25, 0.3) is 0 Å². The number of para-hydroxylation sites is 2. The summed E-state index contributed by atoms with van der Waals surface area (Å²) in [5, 5.41) is 0. The maximum atomic E-state index is 12.6. The molecule has 0 atom stereocenters. The average Bonchev–Trinajstić information content (AvgIpc) is 2.89. The Balaban J connectivity index is 1.94. The van der Waals surface area contributed by atoms with Crippen molar-refractivity contribution < 1.29 is 4.79 Å². The highest BCUT2D eigenvalue weighted by Gasteiger charge is 2.19. The molecule has 4 aromatic rings. The van der Waals surface area contributed by atoms with E-state index in [1.165, 1.54) is 11.3 Å². The van der Waals surface area contributed by atoms with Crippen molar-refractivity contribution in [3.8, 4) is 0 Å². The highest BCUT2D eigenvalue weighted by atomic mass is 32.1. The van der Waals surface area contributed by atoms with Gasteiger partial charge in [-0.1, -0.05) is 42.5 Å². The van der Waals surface area contributed by atoms with E-state index in [4.69, 9.17) is 5.73 Å². The SMILES string of the molecule is Nc1c(C(=O)c2ccccc2)sc2nc3ccccc3nc12. The molecule has 0 aliphatic rings. The number of fused-ring (bicyclic) bond motifs is 2. The van der Waals surface area contributed by atoms with Crippen molar-refractivity contribution in [2.45, 2.75) is 0 Å². The summed E-state index contributed by atoms with van der Waals surface area (Å²) in [7, 11) is 0. The standard InChI is InChI=1S/C17H11N3OS/c18-13-14-17(20-12-9-5-4-8-11(12)19-14)22-16(13)15(21)10-6-2-1-3-7-10/h1-9H,18H2. The Morgan fingerprint density at radius 1 is 0.909 bits per heavy atom. The molecule has 0 aliphatic heterocycles. The minimum Gasteiger partial charge on any atom is -0.396 e. The molecule has 0 radical (unpaired) electrons. The highest BCUT2D eigenvalue weighted by Crippen LogP contribution is 2.33. The first-order chi connectivity index (χ1) is 10.7. The Morgan fingerprint density at radius 2 is 1.55 bits per heavy atom. The van der Waals surface area contributed by atoms with Gasteiger partial charge in [0.05, 0.1) is 16.7 Å². The molecule has 22 heavy (non-hydrogen) atoms. The van der Waals surface area contributed by atoms with Gasteiger partial charge in [-0.3, -0.25) is 4.79 Å². The number of benzene rings is 2. The van der Waals surface area contributed by atoms with Crippen LogP contribution < -0.4 is 5.73 Å². The van der Waals surface area contributed by atoms with E-state index in [9.17, 15) is 4.79 Å². The van der Waals surface area contributed by atoms with Gasteiger partial charge in [-0.15, -0.1) is 11.3 Å². The number of nitrogen functional groups attached to an aromatic ring is 1. The molecule has 2 aromatic carbocycles. The van der Waals surface area contributed by atoms with Crippen molar-refractivity contribution in [2.24, 2.45) is 0 Å². The lowest BCUT2D eigenvalue weighted by molar-refractivity contribution is 0.104. The zero-order valence-electron chi connectivity index (χ0n) is 11.5. The van der Waals surface area contributed by atoms with Crippen molar-refractivity contribution in [3.05, 3.63) is 65.0 Å². The Kier molecular flexibility index (Phi) is 2.87. The molecule has 106 valence electrons. The van der Waals surface area contributed by atoms with Crippen LogP contribution in [0.1, 0.15) is 15.2 Å². The maximum Gasteiger partial charge on any atom is 0.205 e. The third kappa shape index (κ3) is 1.95. The van der Waals surface area contributed by atoms with Gasteiger partial charge < -0.3 is 5.73 Å². The van der Waals surface area contributed by atoms with Crippen LogP contribution in [0.5, 0.6) is 0 Å². The van der Waals surface area contributed by atoms with Crippen molar-refractivity contribution in [2.75, 3.05) is 5.73 Å². The van der Waals surface area contributed by atoms with Crippen LogP contribution in [0.4, 0.5) is 5.69 Å². The van der Waals surface area contributed by atoms with E-state index in [2.05, 4.69) is 9.97 Å². The Morgan fingerprint density at radius 3 is 2.27 bits per heavy atom. The van der Waals surface area contributed by atoms with Gasteiger partial charge in [0, 0.05) is 5.56 Å². The fourth-order valence-electron chi connectivity index (χ4n) is 2.38. The van der Waals surface area contributed by atoms with Crippen molar-refractivity contribution in [1.82, 2.24) is 9.97 Å². The Bertz CT molecular complexity index is 1010. The molecule has 4 nitrogen and oxygen atoms in total. The molecule has 0 saturated heterocycles. The third-order valence-electron chi connectivity index (χ3n) is 3.48. The molecule has 0 amide bonds. The molecule has 0 bridgehead atoms. The van der Waals surface area contributed by atoms with E-state index >= 15 is 0 Å². The summed E-state index contributed by atoms with van der Waals surface area (Å²) < 4.78 is 0. The largest absolute Gasteiger partial charge is 0.396 e. The van der Waals surface area contributed by atoms with Crippen LogP contribution in [0.3, 0.4) is 0 Å². The summed E-state index contributed by atoms with van der Waals surface area (Å²) in [4.78, 5) is 22.9. The van der Waals surface area contributed by atoms with E-state index in [-0.39, 0.29) is 5.78 Å². The average molecular weight is 305 g/mol. The number of ketones is 1. The van der Waals surface area contributed by atoms with Gasteiger partial charge in [0.2, 0.25) is 5.78 Å². The molecular weight excluding hydrogens is 294 g/mol. The summed E-state index contributed by atoms with van der Waals surface area (Å²) in [5.74, 6) is -0.0908. The number of rotatable bonds is 2. The van der Waals surface area contributed by atoms with Gasteiger partial charge in [0.15, 0.2) is 0 Å². The van der Waals surface area contributed by atoms with Crippen molar-refractivity contribution in [1.29, 1.82) is 0 Å². The van der Waals surface area contributed by atoms with Crippen LogP contribution in [0.25, 0.3) is 21.4 Å². The number of thiophene rings is 1. The Labute approximate surface area is 130 Å². The van der Waals surface area contributed by atoms with Crippen molar-refractivity contribution in [3.63, 3.8) is 0 Å². The number of carbonyl (C=O) groups excluding carboxylic acids is 1. The lowest BCUT2D eigenvalue weighted by Crippen LogP contribution is -2.01. The number of hydrogen-bond donors (Lipinski definition) is 1. The van der Waals surface area contributed by atoms with E-state index in [1.54, 1.807) is 12.1 Å².